The maximum Gasteiger partial charge on any atom is 0.151 e. The van der Waals surface area contributed by atoms with Crippen LogP contribution in [0.15, 0.2) is 486 Å². The molecule has 15 aromatic carbocycles. The van der Waals surface area contributed by atoms with Crippen LogP contribution in [0.25, 0.3) is 34.2 Å². The molecule has 21 aromatic rings. The van der Waals surface area contributed by atoms with E-state index in [9.17, 15) is 0 Å². The second-order valence-corrected chi connectivity index (χ2v) is 36.7. The smallest absolute Gasteiger partial charge is 0.151 e. The van der Waals surface area contributed by atoms with Crippen molar-refractivity contribution in [1.82, 2.24) is 29.9 Å². The normalized spacial score (nSPS) is 14.5. The molecular weight excluding hydrogens is 1700 g/mol. The lowest BCUT2D eigenvalue weighted by atomic mass is 9.65. The zero-order valence-electron chi connectivity index (χ0n) is 76.0. The Morgan fingerprint density at radius 2 is 0.353 bits per heavy atom. The van der Waals surface area contributed by atoms with E-state index in [1.165, 1.54) is 89.3 Å². The number of hydrogen-bond acceptors (Lipinski definition) is 13. The van der Waals surface area contributed by atoms with Gasteiger partial charge in [0.2, 0.25) is 0 Å². The number of pyridine rings is 6. The quantitative estimate of drug-likeness (QED) is 0.144. The van der Waals surface area contributed by atoms with Crippen LogP contribution in [0.2, 0.25) is 0 Å². The fraction of sp³-hybridized carbons (Fsp3) is 0.0476. The van der Waals surface area contributed by atoms with Crippen molar-refractivity contribution in [2.45, 2.75) is 35.5 Å². The number of nitrogens with zero attached hydrogens (tertiary/aromatic N) is 12. The van der Waals surface area contributed by atoms with Gasteiger partial charge in [0, 0.05) is 88.1 Å². The molecule has 0 atom stereocenters. The molecule has 6 aromatic heterocycles. The lowest BCUT2D eigenvalue weighted by Crippen LogP contribution is -2.36. The first-order valence-corrected chi connectivity index (χ1v) is 47.4. The number of rotatable bonds is 8. The molecule has 0 bridgehead atoms. The number of fused-ring (bicyclic) bond motifs is 31. The van der Waals surface area contributed by atoms with Crippen LogP contribution in [0, 0.1) is 0 Å². The Bertz CT molecular complexity index is 8060. The first kappa shape index (κ1) is 80.5. The van der Waals surface area contributed by atoms with Crippen molar-refractivity contribution in [2.24, 2.45) is 0 Å². The zero-order chi connectivity index (χ0) is 92.1. The lowest BCUT2D eigenvalue weighted by molar-refractivity contribution is 0.477. The third-order valence-electron chi connectivity index (χ3n) is 29.4. The molecule has 11 heterocycles. The highest BCUT2D eigenvalue weighted by molar-refractivity contribution is 6.00. The van der Waals surface area contributed by atoms with Gasteiger partial charge in [0.25, 0.3) is 0 Å². The van der Waals surface area contributed by atoms with E-state index < -0.39 is 16.2 Å². The molecule has 29 rings (SSSR count). The Morgan fingerprint density at radius 1 is 0.173 bits per heavy atom. The van der Waals surface area contributed by atoms with Gasteiger partial charge in [0.1, 0.15) is 0 Å². The Kier molecular flexibility index (Phi) is 18.4. The number of hydrogen-bond donors (Lipinski definition) is 0. The van der Waals surface area contributed by atoms with Crippen molar-refractivity contribution in [2.75, 3.05) is 29.4 Å². The number of aromatic nitrogens is 6. The van der Waals surface area contributed by atoms with Crippen LogP contribution in [-0.2, 0) is 21.7 Å². The minimum Gasteiger partial charge on any atom is -0.453 e. The summed E-state index contributed by atoms with van der Waals surface area (Å²) in [5.41, 5.74) is 41.4. The highest BCUT2D eigenvalue weighted by atomic mass is 16.5. The zero-order valence-corrected chi connectivity index (χ0v) is 76.0. The van der Waals surface area contributed by atoms with E-state index in [4.69, 9.17) is 34.6 Å². The van der Waals surface area contributed by atoms with Gasteiger partial charge in [-0.2, -0.15) is 0 Å². The molecule has 0 unspecified atom stereocenters. The van der Waals surface area contributed by atoms with Gasteiger partial charge in [-0.1, -0.05) is 257 Å². The Morgan fingerprint density at radius 3 is 0.604 bits per heavy atom. The fourth-order valence-corrected chi connectivity index (χ4v) is 23.9. The molecule has 3 aliphatic carbocycles. The van der Waals surface area contributed by atoms with E-state index in [1.54, 1.807) is 0 Å². The Hall–Kier alpha value is -18.2. The second-order valence-electron chi connectivity index (χ2n) is 36.7. The summed E-state index contributed by atoms with van der Waals surface area (Å²) in [7, 11) is 0. The van der Waals surface area contributed by atoms with Gasteiger partial charge < -0.3 is 34.1 Å². The first-order chi connectivity index (χ1) is 68.8. The molecular formula is C126H86N12O. The molecule has 656 valence electrons. The van der Waals surface area contributed by atoms with E-state index >= 15 is 0 Å². The highest BCUT2D eigenvalue weighted by Crippen LogP contribution is 2.68. The molecule has 0 radical (unpaired) electrons. The van der Waals surface area contributed by atoms with Crippen molar-refractivity contribution in [3.05, 3.63) is 564 Å². The summed E-state index contributed by atoms with van der Waals surface area (Å²) in [6.45, 7) is 4.66. The lowest BCUT2D eigenvalue weighted by Gasteiger charge is -2.45. The number of anilines is 18. The average molecular weight is 1780 g/mol. The SMILES string of the molecule is CC1(C)c2ccccc2N(c2ccc(N3c4ccccc4C4(c5ccccc53)c3cccnc3-c3ncccc34)cc2)c2ccccc21.c1ccc(N(c2ccccc2)c2ccc(N3c4ccccc4C4(c5ccccc53)c3cccnc3-c3ncccc34)cc2)cc1.c1ccc2c(c1)Oc1ccccc1N2c1ccc(N2c3ccccc3C3(c4ccccc42)c2cccnc2-c2ncccc23)cc1. The maximum absolute atomic E-state index is 6.26. The third-order valence-corrected chi connectivity index (χ3v) is 29.4. The maximum atomic E-state index is 6.26. The van der Waals surface area contributed by atoms with Crippen LogP contribution in [0.4, 0.5) is 102 Å². The predicted molar refractivity (Wildman–Crippen MR) is 559 cm³/mol. The molecule has 8 aliphatic rings. The molecule has 139 heavy (non-hydrogen) atoms. The monoisotopic (exact) mass is 1780 g/mol. The van der Waals surface area contributed by atoms with Crippen LogP contribution < -0.4 is 34.1 Å². The van der Waals surface area contributed by atoms with Gasteiger partial charge in [-0.3, -0.25) is 29.9 Å². The van der Waals surface area contributed by atoms with Crippen molar-refractivity contribution in [1.29, 1.82) is 0 Å². The minimum absolute atomic E-state index is 0.0939. The molecule has 13 heteroatoms. The van der Waals surface area contributed by atoms with Crippen LogP contribution in [0.1, 0.15) is 91.7 Å². The summed E-state index contributed by atoms with van der Waals surface area (Å²) in [6, 6.07) is 160. The van der Waals surface area contributed by atoms with Gasteiger partial charge in [0.15, 0.2) is 11.5 Å². The predicted octanol–water partition coefficient (Wildman–Crippen LogP) is 31.0. The van der Waals surface area contributed by atoms with Crippen molar-refractivity contribution in [3.8, 4) is 45.7 Å². The third kappa shape index (κ3) is 11.8. The van der Waals surface area contributed by atoms with Crippen LogP contribution in [0.5, 0.6) is 11.5 Å². The second kappa shape index (κ2) is 31.7. The number of ether oxygens (including phenoxy) is 1. The molecule has 5 aliphatic heterocycles. The summed E-state index contributed by atoms with van der Waals surface area (Å²) in [4.78, 5) is 43.5. The topological polar surface area (TPSA) is 106 Å². The minimum atomic E-state index is -0.530. The van der Waals surface area contributed by atoms with Gasteiger partial charge in [-0.15, -0.1) is 0 Å². The molecule has 3 spiro atoms. The first-order valence-electron chi connectivity index (χ1n) is 47.4. The highest BCUT2D eigenvalue weighted by Gasteiger charge is 2.57. The van der Waals surface area contributed by atoms with E-state index in [2.05, 4.69) is 444 Å². The Labute approximate surface area is 806 Å². The van der Waals surface area contributed by atoms with Crippen molar-refractivity contribution >= 4 is 102 Å². The van der Waals surface area contributed by atoms with Crippen LogP contribution in [0.3, 0.4) is 0 Å². The fourth-order valence-electron chi connectivity index (χ4n) is 23.9. The summed E-state index contributed by atoms with van der Waals surface area (Å²) < 4.78 is 6.26. The van der Waals surface area contributed by atoms with Gasteiger partial charge in [-0.25, -0.2) is 0 Å². The molecule has 0 N–H and O–H groups in total. The van der Waals surface area contributed by atoms with E-state index in [-0.39, 0.29) is 5.41 Å². The summed E-state index contributed by atoms with van der Waals surface area (Å²) in [5.74, 6) is 1.69. The van der Waals surface area contributed by atoms with Crippen molar-refractivity contribution in [3.63, 3.8) is 0 Å². The molecule has 0 saturated heterocycles. The molecule has 0 saturated carbocycles. The standard InChI is InChI=1S/C44H32N4.C41H26N4O.C41H28N4/c1-43(2)31-13-3-7-19-37(31)47(38-20-8-4-14-32(38)43)29-23-25-30(26-24-29)48-39-21-9-5-15-33(39)44(34-16-6-10-22-40(34)48)35-17-11-27-45-41(35)42-36(44)18-12-28-46-42;1-3-15-33-29(11-1)41(31-13-9-25-42-39(31)40-32(41)14-10-26-43-40)30-12-2-4-16-34(30)44(33)27-21-23-28(24-22-27)45-35-17-5-7-19-37(35)46-38-20-8-6-18-36(38)45;1-3-13-29(14-4-1)44(30-15-5-2-6-16-30)31-23-25-32(26-24-31)45-37-21-9-7-17-33(37)41(34-18-8-10-22-38(34)45)35-19-11-27-42-39(35)40-36(41)20-12-28-43-40/h3-28H,1-2H3;1-26H;1-28H. The molecule has 0 amide bonds. The Balaban J connectivity index is 0.000000105. The van der Waals surface area contributed by atoms with Crippen LogP contribution in [-0.4, -0.2) is 29.9 Å². The number of para-hydroxylation sites is 14. The van der Waals surface area contributed by atoms with E-state index in [0.29, 0.717) is 0 Å². The summed E-state index contributed by atoms with van der Waals surface area (Å²) in [6.07, 6.45) is 11.2. The molecule has 0 fully saturated rings. The summed E-state index contributed by atoms with van der Waals surface area (Å²) >= 11 is 0. The summed E-state index contributed by atoms with van der Waals surface area (Å²) in [5, 5.41) is 0. The number of benzene rings is 15. The van der Waals surface area contributed by atoms with Crippen LogP contribution >= 0.6 is 0 Å². The van der Waals surface area contributed by atoms with E-state index in [1.807, 2.05) is 85.7 Å². The van der Waals surface area contributed by atoms with Crippen molar-refractivity contribution < 1.29 is 4.74 Å². The van der Waals surface area contributed by atoms with Gasteiger partial charge in [-0.05, 0) is 284 Å². The average Bonchev–Trinajstić information content (AvgIpc) is 1.55. The van der Waals surface area contributed by atoms with E-state index in [0.717, 1.165) is 137 Å². The molecule has 13 nitrogen and oxygen atoms in total. The largest absolute Gasteiger partial charge is 0.453 e. The van der Waals surface area contributed by atoms with Gasteiger partial charge in [0.05, 0.1) is 107 Å². The van der Waals surface area contributed by atoms with Gasteiger partial charge >= 0.3 is 0 Å².